The third-order valence-electron chi connectivity index (χ3n) is 2.81. The molecule has 0 saturated heterocycles. The van der Waals surface area contributed by atoms with E-state index in [1.54, 1.807) is 19.9 Å². The van der Waals surface area contributed by atoms with Crippen LogP contribution in [0.2, 0.25) is 10.0 Å². The fourth-order valence-electron chi connectivity index (χ4n) is 1.92. The third kappa shape index (κ3) is 3.31. The maximum absolute atomic E-state index is 12.1. The Balaban J connectivity index is 2.70. The molecule has 0 fully saturated rings. The Labute approximate surface area is 137 Å². The first-order valence-electron chi connectivity index (χ1n) is 6.62. The first kappa shape index (κ1) is 16.5. The number of hydrogen-bond donors (Lipinski definition) is 0. The highest BCUT2D eigenvalue weighted by Crippen LogP contribution is 2.29. The summed E-state index contributed by atoms with van der Waals surface area (Å²) in [6.45, 7) is 3.67. The van der Waals surface area contributed by atoms with E-state index >= 15 is 0 Å². The van der Waals surface area contributed by atoms with Gasteiger partial charge in [-0.05, 0) is 32.0 Å². The van der Waals surface area contributed by atoms with Crippen molar-refractivity contribution < 1.29 is 19.1 Å². The van der Waals surface area contributed by atoms with Crippen LogP contribution in [0.3, 0.4) is 0 Å². The van der Waals surface area contributed by atoms with Crippen molar-refractivity contribution in [3.05, 3.63) is 39.5 Å². The predicted molar refractivity (Wildman–Crippen MR) is 83.7 cm³/mol. The Hall–Kier alpha value is -1.85. The van der Waals surface area contributed by atoms with Crippen LogP contribution in [0, 0.1) is 0 Å². The normalized spacial score (nSPS) is 10.5. The molecule has 7 heteroatoms. The van der Waals surface area contributed by atoms with Gasteiger partial charge in [-0.1, -0.05) is 23.2 Å². The van der Waals surface area contributed by atoms with E-state index in [2.05, 4.69) is 4.98 Å². The minimum Gasteiger partial charge on any atom is -0.462 e. The SMILES string of the molecule is CCOC(=O)c1cc2c(Cl)cc(Cl)cc2nc1C(=O)OCC. The molecule has 0 aliphatic heterocycles. The smallest absolute Gasteiger partial charge is 0.357 e. The van der Waals surface area contributed by atoms with Gasteiger partial charge in [0.05, 0.1) is 29.3 Å². The lowest BCUT2D eigenvalue weighted by atomic mass is 10.1. The quantitative estimate of drug-likeness (QED) is 0.789. The molecular formula is C15H13Cl2NO4. The van der Waals surface area contributed by atoms with Gasteiger partial charge in [-0.25, -0.2) is 14.6 Å². The summed E-state index contributed by atoms with van der Waals surface area (Å²) in [5.41, 5.74) is 0.289. The number of hydrogen-bond acceptors (Lipinski definition) is 5. The number of ether oxygens (including phenoxy) is 2. The molecule has 5 nitrogen and oxygen atoms in total. The lowest BCUT2D eigenvalue weighted by Gasteiger charge is -2.10. The summed E-state index contributed by atoms with van der Waals surface area (Å²) in [5, 5.41) is 1.21. The van der Waals surface area contributed by atoms with Crippen LogP contribution in [-0.4, -0.2) is 30.1 Å². The summed E-state index contributed by atoms with van der Waals surface area (Å²) in [5.74, 6) is -1.37. The van der Waals surface area contributed by atoms with E-state index < -0.39 is 11.9 Å². The number of nitrogens with zero attached hydrogens (tertiary/aromatic N) is 1. The topological polar surface area (TPSA) is 65.5 Å². The molecule has 0 aliphatic rings. The number of fused-ring (bicyclic) bond motifs is 1. The van der Waals surface area contributed by atoms with Gasteiger partial charge in [0.15, 0.2) is 5.69 Å². The van der Waals surface area contributed by atoms with Crippen molar-refractivity contribution in [3.63, 3.8) is 0 Å². The second-order valence-electron chi connectivity index (χ2n) is 4.28. The van der Waals surface area contributed by atoms with Crippen LogP contribution in [-0.2, 0) is 9.47 Å². The molecule has 0 unspecified atom stereocenters. The summed E-state index contributed by atoms with van der Waals surface area (Å²) >= 11 is 12.1. The number of pyridine rings is 1. The van der Waals surface area contributed by atoms with E-state index in [9.17, 15) is 9.59 Å². The second-order valence-corrected chi connectivity index (χ2v) is 5.12. The van der Waals surface area contributed by atoms with Gasteiger partial charge in [-0.2, -0.15) is 0 Å². The van der Waals surface area contributed by atoms with Crippen LogP contribution in [0.1, 0.15) is 34.7 Å². The van der Waals surface area contributed by atoms with Crippen molar-refractivity contribution in [2.75, 3.05) is 13.2 Å². The van der Waals surface area contributed by atoms with Crippen LogP contribution in [0.5, 0.6) is 0 Å². The van der Waals surface area contributed by atoms with Crippen molar-refractivity contribution in [2.24, 2.45) is 0 Å². The van der Waals surface area contributed by atoms with Crippen LogP contribution in [0.25, 0.3) is 10.9 Å². The Morgan fingerprint density at radius 1 is 1.05 bits per heavy atom. The molecule has 2 rings (SSSR count). The lowest BCUT2D eigenvalue weighted by molar-refractivity contribution is 0.0474. The van der Waals surface area contributed by atoms with Crippen molar-refractivity contribution in [1.82, 2.24) is 4.98 Å². The molecule has 0 saturated carbocycles. The highest BCUT2D eigenvalue weighted by Gasteiger charge is 2.23. The Kier molecular flexibility index (Phi) is 5.21. The number of carbonyl (C=O) groups is 2. The van der Waals surface area contributed by atoms with Gasteiger partial charge >= 0.3 is 11.9 Å². The van der Waals surface area contributed by atoms with E-state index in [1.807, 2.05) is 0 Å². The molecule has 1 aromatic carbocycles. The van der Waals surface area contributed by atoms with Crippen LogP contribution < -0.4 is 0 Å². The summed E-state index contributed by atoms with van der Waals surface area (Å²) < 4.78 is 9.88. The predicted octanol–water partition coefficient (Wildman–Crippen LogP) is 3.90. The summed E-state index contributed by atoms with van der Waals surface area (Å²) in [6.07, 6.45) is 0. The number of rotatable bonds is 4. The Bertz CT molecular complexity index is 746. The van der Waals surface area contributed by atoms with Crippen LogP contribution >= 0.6 is 23.2 Å². The van der Waals surface area contributed by atoms with Crippen molar-refractivity contribution in [1.29, 1.82) is 0 Å². The Morgan fingerprint density at radius 2 is 1.68 bits per heavy atom. The van der Waals surface area contributed by atoms with Crippen molar-refractivity contribution in [3.8, 4) is 0 Å². The molecular weight excluding hydrogens is 329 g/mol. The monoisotopic (exact) mass is 341 g/mol. The number of benzene rings is 1. The average molecular weight is 342 g/mol. The molecule has 0 amide bonds. The molecule has 0 atom stereocenters. The second kappa shape index (κ2) is 6.94. The van der Waals surface area contributed by atoms with Crippen molar-refractivity contribution in [2.45, 2.75) is 13.8 Å². The van der Waals surface area contributed by atoms with Crippen LogP contribution in [0.15, 0.2) is 18.2 Å². The summed E-state index contributed by atoms with van der Waals surface area (Å²) in [6, 6.07) is 4.55. The molecule has 0 N–H and O–H groups in total. The Morgan fingerprint density at radius 3 is 2.32 bits per heavy atom. The molecule has 0 radical (unpaired) electrons. The minimum atomic E-state index is -0.705. The van der Waals surface area contributed by atoms with E-state index in [0.717, 1.165) is 0 Å². The van der Waals surface area contributed by atoms with Crippen LogP contribution in [0.4, 0.5) is 0 Å². The first-order chi connectivity index (χ1) is 10.5. The molecule has 0 spiro atoms. The summed E-state index contributed by atoms with van der Waals surface area (Å²) in [7, 11) is 0. The minimum absolute atomic E-state index is 0.0111. The van der Waals surface area contributed by atoms with E-state index in [-0.39, 0.29) is 24.5 Å². The van der Waals surface area contributed by atoms with Gasteiger partial charge in [0.2, 0.25) is 0 Å². The number of aromatic nitrogens is 1. The van der Waals surface area contributed by atoms with Gasteiger partial charge in [0, 0.05) is 10.4 Å². The van der Waals surface area contributed by atoms with Gasteiger partial charge in [0.1, 0.15) is 0 Å². The maximum Gasteiger partial charge on any atom is 0.357 e. The van der Waals surface area contributed by atoms with E-state index in [1.165, 1.54) is 12.1 Å². The highest BCUT2D eigenvalue weighted by atomic mass is 35.5. The molecule has 116 valence electrons. The average Bonchev–Trinajstić information content (AvgIpc) is 2.46. The third-order valence-corrected chi connectivity index (χ3v) is 3.34. The maximum atomic E-state index is 12.1. The summed E-state index contributed by atoms with van der Waals surface area (Å²) in [4.78, 5) is 28.3. The van der Waals surface area contributed by atoms with Gasteiger partial charge in [-0.15, -0.1) is 0 Å². The van der Waals surface area contributed by atoms with E-state index in [0.29, 0.717) is 20.9 Å². The van der Waals surface area contributed by atoms with E-state index in [4.69, 9.17) is 32.7 Å². The molecule has 0 bridgehead atoms. The fourth-order valence-corrected chi connectivity index (χ4v) is 2.46. The largest absolute Gasteiger partial charge is 0.462 e. The zero-order valence-electron chi connectivity index (χ0n) is 12.0. The highest BCUT2D eigenvalue weighted by molar-refractivity contribution is 6.38. The number of carbonyl (C=O) groups excluding carboxylic acids is 2. The fraction of sp³-hybridized carbons (Fsp3) is 0.267. The standard InChI is InChI=1S/C15H13Cl2NO4/c1-3-21-14(19)10-7-9-11(17)5-8(16)6-12(9)18-13(10)15(20)22-4-2/h5-7H,3-4H2,1-2H3. The lowest BCUT2D eigenvalue weighted by Crippen LogP contribution is -2.16. The molecule has 0 aliphatic carbocycles. The molecule has 22 heavy (non-hydrogen) atoms. The number of esters is 2. The first-order valence-corrected chi connectivity index (χ1v) is 7.37. The van der Waals surface area contributed by atoms with Gasteiger partial charge in [0.25, 0.3) is 0 Å². The number of halogens is 2. The van der Waals surface area contributed by atoms with Crippen molar-refractivity contribution >= 4 is 46.0 Å². The van der Waals surface area contributed by atoms with Gasteiger partial charge in [-0.3, -0.25) is 0 Å². The van der Waals surface area contributed by atoms with Gasteiger partial charge < -0.3 is 9.47 Å². The zero-order valence-corrected chi connectivity index (χ0v) is 13.5. The molecule has 2 aromatic rings. The molecule has 1 heterocycles. The molecule has 1 aromatic heterocycles. The zero-order chi connectivity index (χ0) is 16.3.